The molecule has 1 amide bonds. The molecule has 6 heteroatoms. The van der Waals surface area contributed by atoms with Crippen molar-refractivity contribution in [3.63, 3.8) is 0 Å². The third-order valence-corrected chi connectivity index (χ3v) is 6.80. The average molecular weight is 350 g/mol. The van der Waals surface area contributed by atoms with E-state index < -0.39 is 9.84 Å². The zero-order valence-corrected chi connectivity index (χ0v) is 15.6. The number of nitrogens with one attached hydrogen (secondary N) is 1. The number of carbonyl (C=O) groups is 1. The molecular formula is C18H26N2O3S. The van der Waals surface area contributed by atoms with Gasteiger partial charge in [0.2, 0.25) is 5.91 Å². The molecule has 1 N–H and O–H groups in total. The number of sulfone groups is 1. The predicted octanol–water partition coefficient (Wildman–Crippen LogP) is 1.82. The van der Waals surface area contributed by atoms with Gasteiger partial charge in [0.25, 0.3) is 0 Å². The predicted molar refractivity (Wildman–Crippen MR) is 96.0 cm³/mol. The van der Waals surface area contributed by atoms with Gasteiger partial charge >= 0.3 is 0 Å². The second-order valence-electron chi connectivity index (χ2n) is 7.58. The summed E-state index contributed by atoms with van der Waals surface area (Å²) >= 11 is 0. The second kappa shape index (κ2) is 6.15. The first-order valence-corrected chi connectivity index (χ1v) is 10.4. The van der Waals surface area contributed by atoms with Crippen LogP contribution in [0.5, 0.6) is 0 Å². The standard InChI is InChI=1S/C18H26N2O3S/c1-11(2)7-15-18(21)20(14-6-5-12(3)13(4)8-14)17-10-24(22,23)9-16(17)19-15/h5-6,8,11,15-17,19H,7,9-10H2,1-4H3/t15-,16+,17-/m0/s1. The van der Waals surface area contributed by atoms with E-state index in [2.05, 4.69) is 19.2 Å². The fourth-order valence-electron chi connectivity index (χ4n) is 3.74. The van der Waals surface area contributed by atoms with Gasteiger partial charge < -0.3 is 4.90 Å². The quantitative estimate of drug-likeness (QED) is 0.903. The van der Waals surface area contributed by atoms with Crippen LogP contribution in [-0.4, -0.2) is 44.0 Å². The maximum atomic E-state index is 13.1. The Morgan fingerprint density at radius 1 is 1.21 bits per heavy atom. The van der Waals surface area contributed by atoms with Crippen molar-refractivity contribution in [1.29, 1.82) is 0 Å². The minimum atomic E-state index is -3.12. The first-order valence-electron chi connectivity index (χ1n) is 8.55. The molecule has 132 valence electrons. The van der Waals surface area contributed by atoms with Gasteiger partial charge in [0.1, 0.15) is 0 Å². The molecule has 1 aromatic carbocycles. The highest BCUT2D eigenvalue weighted by Crippen LogP contribution is 2.31. The molecule has 0 aliphatic carbocycles. The highest BCUT2D eigenvalue weighted by Gasteiger charge is 2.49. The number of nitrogens with zero attached hydrogens (tertiary/aromatic N) is 1. The molecule has 2 aliphatic heterocycles. The van der Waals surface area contributed by atoms with E-state index in [1.807, 2.05) is 32.0 Å². The van der Waals surface area contributed by atoms with Crippen molar-refractivity contribution < 1.29 is 13.2 Å². The lowest BCUT2D eigenvalue weighted by Crippen LogP contribution is -2.65. The van der Waals surface area contributed by atoms with Crippen LogP contribution >= 0.6 is 0 Å². The van der Waals surface area contributed by atoms with Gasteiger partial charge in [0.05, 0.1) is 23.6 Å². The molecular weight excluding hydrogens is 324 g/mol. The maximum Gasteiger partial charge on any atom is 0.244 e. The summed E-state index contributed by atoms with van der Waals surface area (Å²) in [7, 11) is -3.12. The molecule has 0 radical (unpaired) electrons. The zero-order chi connectivity index (χ0) is 17.6. The summed E-state index contributed by atoms with van der Waals surface area (Å²) in [6, 6.07) is 5.11. The van der Waals surface area contributed by atoms with Gasteiger partial charge in [-0.15, -0.1) is 0 Å². The Morgan fingerprint density at radius 3 is 2.54 bits per heavy atom. The Labute approximate surface area is 144 Å². The summed E-state index contributed by atoms with van der Waals surface area (Å²) < 4.78 is 24.3. The van der Waals surface area contributed by atoms with Crippen molar-refractivity contribution in [3.05, 3.63) is 29.3 Å². The van der Waals surface area contributed by atoms with Gasteiger partial charge in [0.15, 0.2) is 9.84 Å². The third kappa shape index (κ3) is 3.22. The fourth-order valence-corrected chi connectivity index (χ4v) is 5.64. The monoisotopic (exact) mass is 350 g/mol. The van der Waals surface area contributed by atoms with Crippen molar-refractivity contribution in [2.45, 2.75) is 52.2 Å². The van der Waals surface area contributed by atoms with Crippen LogP contribution < -0.4 is 10.2 Å². The van der Waals surface area contributed by atoms with E-state index in [-0.39, 0.29) is 35.5 Å². The smallest absolute Gasteiger partial charge is 0.244 e. The summed E-state index contributed by atoms with van der Waals surface area (Å²) in [4.78, 5) is 14.8. The van der Waals surface area contributed by atoms with Crippen LogP contribution in [0, 0.1) is 19.8 Å². The molecule has 24 heavy (non-hydrogen) atoms. The van der Waals surface area contributed by atoms with Gasteiger partial charge in [-0.2, -0.15) is 0 Å². The van der Waals surface area contributed by atoms with Gasteiger partial charge in [0, 0.05) is 11.7 Å². The summed E-state index contributed by atoms with van der Waals surface area (Å²) in [5, 5.41) is 3.31. The number of aryl methyl sites for hydroxylation is 2. The molecule has 0 spiro atoms. The SMILES string of the molecule is Cc1ccc(N2C(=O)[C@H](CC(C)C)N[C@@H]3CS(=O)(=O)C[C@@H]32)cc1C. The van der Waals surface area contributed by atoms with E-state index in [9.17, 15) is 13.2 Å². The van der Waals surface area contributed by atoms with Crippen molar-refractivity contribution in [1.82, 2.24) is 5.32 Å². The Kier molecular flexibility index (Phi) is 4.47. The summed E-state index contributed by atoms with van der Waals surface area (Å²) in [6.45, 7) is 8.20. The Balaban J connectivity index is 2.01. The molecule has 2 aliphatic rings. The van der Waals surface area contributed by atoms with Gasteiger partial charge in [-0.05, 0) is 49.4 Å². The van der Waals surface area contributed by atoms with Crippen molar-refractivity contribution in [3.8, 4) is 0 Å². The lowest BCUT2D eigenvalue weighted by atomic mass is 9.95. The van der Waals surface area contributed by atoms with Crippen LogP contribution in [-0.2, 0) is 14.6 Å². The molecule has 0 bridgehead atoms. The van der Waals surface area contributed by atoms with Crippen LogP contribution in [0.25, 0.3) is 0 Å². The van der Waals surface area contributed by atoms with Crippen LogP contribution in [0.15, 0.2) is 18.2 Å². The van der Waals surface area contributed by atoms with Crippen molar-refractivity contribution in [2.24, 2.45) is 5.92 Å². The van der Waals surface area contributed by atoms with E-state index in [0.717, 1.165) is 16.8 Å². The maximum absolute atomic E-state index is 13.1. The normalized spacial score (nSPS) is 29.1. The number of hydrogen-bond acceptors (Lipinski definition) is 4. The molecule has 2 fully saturated rings. The zero-order valence-electron chi connectivity index (χ0n) is 14.7. The van der Waals surface area contributed by atoms with E-state index in [1.54, 1.807) is 4.90 Å². The van der Waals surface area contributed by atoms with Gasteiger partial charge in [-0.3, -0.25) is 10.1 Å². The molecule has 2 heterocycles. The van der Waals surface area contributed by atoms with Crippen molar-refractivity contribution in [2.75, 3.05) is 16.4 Å². The Morgan fingerprint density at radius 2 is 1.92 bits per heavy atom. The third-order valence-electron chi connectivity index (χ3n) is 5.08. The number of piperazine rings is 1. The Hall–Kier alpha value is -1.40. The number of benzene rings is 1. The number of amides is 1. The molecule has 3 atom stereocenters. The summed E-state index contributed by atoms with van der Waals surface area (Å²) in [5.74, 6) is 0.506. The highest BCUT2D eigenvalue weighted by molar-refractivity contribution is 7.91. The first kappa shape index (κ1) is 17.4. The minimum absolute atomic E-state index is 0.00898. The van der Waals surface area contributed by atoms with E-state index in [0.29, 0.717) is 12.3 Å². The highest BCUT2D eigenvalue weighted by atomic mass is 32.2. The van der Waals surface area contributed by atoms with Crippen LogP contribution in [0.4, 0.5) is 5.69 Å². The summed E-state index contributed by atoms with van der Waals surface area (Å²) in [5.41, 5.74) is 3.08. The lowest BCUT2D eigenvalue weighted by molar-refractivity contribution is -0.123. The lowest BCUT2D eigenvalue weighted by Gasteiger charge is -2.42. The molecule has 1 aromatic rings. The van der Waals surface area contributed by atoms with Gasteiger partial charge in [-0.25, -0.2) is 8.42 Å². The minimum Gasteiger partial charge on any atom is -0.305 e. The topological polar surface area (TPSA) is 66.5 Å². The molecule has 0 aromatic heterocycles. The van der Waals surface area contributed by atoms with Crippen LogP contribution in [0.1, 0.15) is 31.4 Å². The molecule has 0 unspecified atom stereocenters. The second-order valence-corrected chi connectivity index (χ2v) is 9.73. The van der Waals surface area contributed by atoms with Crippen LogP contribution in [0.3, 0.4) is 0 Å². The number of fused-ring (bicyclic) bond motifs is 1. The molecule has 3 rings (SSSR count). The fraction of sp³-hybridized carbons (Fsp3) is 0.611. The molecule has 5 nitrogen and oxygen atoms in total. The molecule has 2 saturated heterocycles. The Bertz CT molecular complexity index is 758. The first-order chi connectivity index (χ1) is 11.2. The average Bonchev–Trinajstić information content (AvgIpc) is 2.76. The van der Waals surface area contributed by atoms with E-state index in [1.165, 1.54) is 0 Å². The summed E-state index contributed by atoms with van der Waals surface area (Å²) in [6.07, 6.45) is 0.712. The van der Waals surface area contributed by atoms with Crippen molar-refractivity contribution >= 4 is 21.4 Å². The number of rotatable bonds is 3. The number of anilines is 1. The van der Waals surface area contributed by atoms with Crippen LogP contribution in [0.2, 0.25) is 0 Å². The van der Waals surface area contributed by atoms with E-state index in [4.69, 9.17) is 0 Å². The van der Waals surface area contributed by atoms with E-state index >= 15 is 0 Å². The van der Waals surface area contributed by atoms with Gasteiger partial charge in [-0.1, -0.05) is 19.9 Å². The number of hydrogen-bond donors (Lipinski definition) is 1. The molecule has 0 saturated carbocycles. The number of carbonyl (C=O) groups excluding carboxylic acids is 1. The largest absolute Gasteiger partial charge is 0.305 e.